The van der Waals surface area contributed by atoms with E-state index in [9.17, 15) is 28.9 Å². The Bertz CT molecular complexity index is 947. The lowest BCUT2D eigenvalue weighted by molar-refractivity contribution is -0.387. The third kappa shape index (κ3) is 4.87. The number of amides is 2. The average molecular weight is 389 g/mol. The molecule has 0 saturated carbocycles. The van der Waals surface area contributed by atoms with Crippen molar-refractivity contribution >= 4 is 23.5 Å². The molecule has 0 heterocycles. The summed E-state index contributed by atoms with van der Waals surface area (Å²) in [6, 6.07) is 7.52. The zero-order chi connectivity index (χ0) is 20.8. The highest BCUT2D eigenvalue weighted by Gasteiger charge is 2.22. The van der Waals surface area contributed by atoms with Crippen LogP contribution in [0, 0.1) is 15.9 Å². The van der Waals surface area contributed by atoms with Gasteiger partial charge in [-0.2, -0.15) is 4.39 Å². The number of methoxy groups -OCH3 is 1. The second kappa shape index (κ2) is 8.71. The van der Waals surface area contributed by atoms with Gasteiger partial charge in [0, 0.05) is 18.1 Å². The number of ether oxygens (including phenoxy) is 1. The molecule has 146 valence electrons. The van der Waals surface area contributed by atoms with E-state index in [4.69, 9.17) is 5.73 Å². The van der Waals surface area contributed by atoms with Crippen LogP contribution in [0.3, 0.4) is 0 Å². The van der Waals surface area contributed by atoms with Crippen LogP contribution in [0.2, 0.25) is 0 Å². The molecule has 10 heteroatoms. The molecule has 1 atom stereocenters. The van der Waals surface area contributed by atoms with E-state index in [1.165, 1.54) is 37.4 Å². The van der Waals surface area contributed by atoms with E-state index in [0.717, 1.165) is 12.1 Å². The summed E-state index contributed by atoms with van der Waals surface area (Å²) in [6.45, 7) is 0. The highest BCUT2D eigenvalue weighted by atomic mass is 19.1. The largest absolute Gasteiger partial charge is 0.465 e. The molecule has 0 aromatic heterocycles. The Kier molecular flexibility index (Phi) is 6.38. The van der Waals surface area contributed by atoms with Crippen LogP contribution >= 0.6 is 0 Å². The van der Waals surface area contributed by atoms with Crippen molar-refractivity contribution in [2.24, 2.45) is 5.73 Å². The highest BCUT2D eigenvalue weighted by molar-refractivity contribution is 5.99. The molecule has 0 radical (unpaired) electrons. The third-order valence-electron chi connectivity index (χ3n) is 3.84. The second-order valence-corrected chi connectivity index (χ2v) is 5.75. The van der Waals surface area contributed by atoms with E-state index < -0.39 is 40.3 Å². The molecule has 0 unspecified atom stereocenters. The van der Waals surface area contributed by atoms with Gasteiger partial charge in [-0.1, -0.05) is 12.1 Å². The van der Waals surface area contributed by atoms with Gasteiger partial charge in [0.15, 0.2) is 0 Å². The van der Waals surface area contributed by atoms with E-state index in [-0.39, 0.29) is 23.1 Å². The van der Waals surface area contributed by atoms with E-state index in [1.807, 2.05) is 0 Å². The highest BCUT2D eigenvalue weighted by Crippen LogP contribution is 2.19. The minimum absolute atomic E-state index is 0.0826. The minimum Gasteiger partial charge on any atom is -0.465 e. The summed E-state index contributed by atoms with van der Waals surface area (Å²) in [6.07, 6.45) is -0.182. The summed E-state index contributed by atoms with van der Waals surface area (Å²) in [4.78, 5) is 45.6. The van der Waals surface area contributed by atoms with Crippen molar-refractivity contribution in [2.75, 3.05) is 7.11 Å². The SMILES string of the molecule is COC(=O)c1cccc(C(=O)N[C@@H](Cc2ccc(F)c([N+](=O)[O-])c2)C(N)=O)c1. The van der Waals surface area contributed by atoms with Gasteiger partial charge in [0.25, 0.3) is 5.91 Å². The van der Waals surface area contributed by atoms with Crippen molar-refractivity contribution in [1.29, 1.82) is 0 Å². The molecule has 2 aromatic rings. The number of carbonyl (C=O) groups is 3. The van der Waals surface area contributed by atoms with Crippen molar-refractivity contribution in [3.05, 3.63) is 75.1 Å². The van der Waals surface area contributed by atoms with Crippen LogP contribution in [-0.4, -0.2) is 35.9 Å². The predicted molar refractivity (Wildman–Crippen MR) is 95.0 cm³/mol. The third-order valence-corrected chi connectivity index (χ3v) is 3.84. The van der Waals surface area contributed by atoms with Gasteiger partial charge >= 0.3 is 11.7 Å². The zero-order valence-corrected chi connectivity index (χ0v) is 14.7. The molecular weight excluding hydrogens is 373 g/mol. The lowest BCUT2D eigenvalue weighted by atomic mass is 10.0. The Morgan fingerprint density at radius 1 is 1.21 bits per heavy atom. The maximum Gasteiger partial charge on any atom is 0.337 e. The van der Waals surface area contributed by atoms with Gasteiger partial charge in [0.2, 0.25) is 11.7 Å². The molecule has 3 N–H and O–H groups in total. The van der Waals surface area contributed by atoms with Crippen LogP contribution in [0.25, 0.3) is 0 Å². The first kappa shape index (κ1) is 20.5. The van der Waals surface area contributed by atoms with Crippen molar-refractivity contribution < 1.29 is 28.4 Å². The Hall–Kier alpha value is -3.82. The molecule has 9 nitrogen and oxygen atoms in total. The number of nitro benzene ring substituents is 1. The van der Waals surface area contributed by atoms with Crippen molar-refractivity contribution in [2.45, 2.75) is 12.5 Å². The van der Waals surface area contributed by atoms with Crippen LogP contribution < -0.4 is 11.1 Å². The molecule has 28 heavy (non-hydrogen) atoms. The Morgan fingerprint density at radius 2 is 1.89 bits per heavy atom. The first-order chi connectivity index (χ1) is 13.2. The molecule has 0 spiro atoms. The summed E-state index contributed by atoms with van der Waals surface area (Å²) >= 11 is 0. The maximum atomic E-state index is 13.4. The molecule has 2 aromatic carbocycles. The van der Waals surface area contributed by atoms with Crippen LogP contribution in [0.4, 0.5) is 10.1 Å². The summed E-state index contributed by atoms with van der Waals surface area (Å²) in [5.41, 5.74) is 5.01. The average Bonchev–Trinajstić information content (AvgIpc) is 2.67. The normalized spacial score (nSPS) is 11.4. The number of nitro groups is 1. The van der Waals surface area contributed by atoms with Gasteiger partial charge in [-0.25, -0.2) is 4.79 Å². The molecule has 0 aliphatic heterocycles. The van der Waals surface area contributed by atoms with Crippen LogP contribution in [-0.2, 0) is 16.0 Å². The molecule has 2 amide bonds. The monoisotopic (exact) mass is 389 g/mol. The summed E-state index contributed by atoms with van der Waals surface area (Å²) < 4.78 is 18.0. The number of benzene rings is 2. The fourth-order valence-corrected chi connectivity index (χ4v) is 2.43. The maximum absolute atomic E-state index is 13.4. The van der Waals surface area contributed by atoms with Crippen LogP contribution in [0.5, 0.6) is 0 Å². The van der Waals surface area contributed by atoms with Crippen LogP contribution in [0.15, 0.2) is 42.5 Å². The van der Waals surface area contributed by atoms with E-state index >= 15 is 0 Å². The number of nitrogens with one attached hydrogen (secondary N) is 1. The Balaban J connectivity index is 2.21. The Morgan fingerprint density at radius 3 is 2.50 bits per heavy atom. The number of hydrogen-bond acceptors (Lipinski definition) is 6. The molecule has 0 saturated heterocycles. The van der Waals surface area contributed by atoms with Gasteiger partial charge in [-0.3, -0.25) is 19.7 Å². The standard InChI is InChI=1S/C18H16FN3O6/c1-28-18(25)12-4-2-3-11(9-12)17(24)21-14(16(20)23)7-10-5-6-13(19)15(8-10)22(26)27/h2-6,8-9,14H,7H2,1H3,(H2,20,23)(H,21,24)/t14-/m0/s1. The van der Waals surface area contributed by atoms with E-state index in [0.29, 0.717) is 0 Å². The van der Waals surface area contributed by atoms with Crippen molar-refractivity contribution in [3.8, 4) is 0 Å². The van der Waals surface area contributed by atoms with Gasteiger partial charge in [0.05, 0.1) is 17.6 Å². The van der Waals surface area contributed by atoms with Crippen LogP contribution in [0.1, 0.15) is 26.3 Å². The first-order valence-electron chi connectivity index (χ1n) is 7.94. The van der Waals surface area contributed by atoms with Gasteiger partial charge in [-0.15, -0.1) is 0 Å². The lowest BCUT2D eigenvalue weighted by Crippen LogP contribution is -2.45. The Labute approximate surface area is 158 Å². The molecule has 0 aliphatic carbocycles. The summed E-state index contributed by atoms with van der Waals surface area (Å²) in [5, 5.41) is 13.2. The summed E-state index contributed by atoms with van der Waals surface area (Å²) in [5.74, 6) is -3.23. The molecule has 0 bridgehead atoms. The fraction of sp³-hybridized carbons (Fsp3) is 0.167. The minimum atomic E-state index is -1.21. The van der Waals surface area contributed by atoms with Gasteiger partial charge < -0.3 is 15.8 Å². The molecule has 2 rings (SSSR count). The molecular formula is C18H16FN3O6. The number of rotatable bonds is 7. The van der Waals surface area contributed by atoms with E-state index in [2.05, 4.69) is 10.1 Å². The van der Waals surface area contributed by atoms with Gasteiger partial charge in [-0.05, 0) is 29.8 Å². The molecule has 0 fully saturated rings. The number of halogens is 1. The zero-order valence-electron chi connectivity index (χ0n) is 14.7. The quantitative estimate of drug-likeness (QED) is 0.416. The number of carbonyl (C=O) groups excluding carboxylic acids is 3. The lowest BCUT2D eigenvalue weighted by Gasteiger charge is -2.16. The number of nitrogens with two attached hydrogens (primary N) is 1. The van der Waals surface area contributed by atoms with Crippen molar-refractivity contribution in [1.82, 2.24) is 5.32 Å². The van der Waals surface area contributed by atoms with Crippen molar-refractivity contribution in [3.63, 3.8) is 0 Å². The summed E-state index contributed by atoms with van der Waals surface area (Å²) in [7, 11) is 1.19. The topological polar surface area (TPSA) is 142 Å². The molecule has 0 aliphatic rings. The van der Waals surface area contributed by atoms with Gasteiger partial charge in [0.1, 0.15) is 6.04 Å². The number of hydrogen-bond donors (Lipinski definition) is 2. The number of esters is 1. The number of primary amides is 1. The smallest absolute Gasteiger partial charge is 0.337 e. The second-order valence-electron chi connectivity index (χ2n) is 5.75. The van der Waals surface area contributed by atoms with E-state index in [1.54, 1.807) is 0 Å². The first-order valence-corrected chi connectivity index (χ1v) is 7.94. The number of nitrogens with zero attached hydrogens (tertiary/aromatic N) is 1. The fourth-order valence-electron chi connectivity index (χ4n) is 2.43. The predicted octanol–water partition coefficient (Wildman–Crippen LogP) is 1.35.